The van der Waals surface area contributed by atoms with Gasteiger partial charge in [-0.05, 0) is 19.1 Å². The summed E-state index contributed by atoms with van der Waals surface area (Å²) in [7, 11) is 0. The summed E-state index contributed by atoms with van der Waals surface area (Å²) in [5.41, 5.74) is 2.23. The molecule has 0 spiro atoms. The first-order valence-corrected chi connectivity index (χ1v) is 10.3. The van der Waals surface area contributed by atoms with Crippen LogP contribution >= 0.6 is 0 Å². The minimum absolute atomic E-state index is 0.135. The summed E-state index contributed by atoms with van der Waals surface area (Å²) in [4.78, 5) is 34.3. The van der Waals surface area contributed by atoms with E-state index in [4.69, 9.17) is 4.74 Å². The number of ether oxygens (including phenoxy) is 1. The van der Waals surface area contributed by atoms with E-state index in [9.17, 15) is 9.59 Å². The minimum Gasteiger partial charge on any atom is -0.489 e. The molecular weight excluding hydrogens is 382 g/mol. The van der Waals surface area contributed by atoms with E-state index >= 15 is 0 Å². The highest BCUT2D eigenvalue weighted by Crippen LogP contribution is 2.35. The van der Waals surface area contributed by atoms with Crippen molar-refractivity contribution in [2.45, 2.75) is 19.9 Å². The van der Waals surface area contributed by atoms with Crippen molar-refractivity contribution in [3.63, 3.8) is 0 Å². The molecule has 0 bridgehead atoms. The zero-order valence-electron chi connectivity index (χ0n) is 16.9. The first kappa shape index (κ1) is 18.6. The molecule has 1 saturated heterocycles. The fourth-order valence-electron chi connectivity index (χ4n) is 4.22. The summed E-state index contributed by atoms with van der Waals surface area (Å²) >= 11 is 0. The Morgan fingerprint density at radius 1 is 1.10 bits per heavy atom. The summed E-state index contributed by atoms with van der Waals surface area (Å²) in [6.45, 7) is 5.52. The molecule has 0 N–H and O–H groups in total. The number of nitrogens with zero attached hydrogens (tertiary/aromatic N) is 5. The molecule has 1 aromatic carbocycles. The molecule has 154 valence electrons. The molecule has 30 heavy (non-hydrogen) atoms. The highest BCUT2D eigenvalue weighted by Gasteiger charge is 2.28. The summed E-state index contributed by atoms with van der Waals surface area (Å²) in [5, 5.41) is 5.53. The number of carbonyl (C=O) groups excluding carboxylic acids is 1. The molecular formula is C22H23N5O3. The molecule has 8 heteroatoms. The molecule has 5 rings (SSSR count). The fraction of sp³-hybridized carbons (Fsp3) is 0.364. The number of hydrogen-bond acceptors (Lipinski definition) is 6. The van der Waals surface area contributed by atoms with E-state index in [2.05, 4.69) is 15.0 Å². The van der Waals surface area contributed by atoms with E-state index in [0.29, 0.717) is 55.8 Å². The van der Waals surface area contributed by atoms with Gasteiger partial charge >= 0.3 is 0 Å². The first-order valence-electron chi connectivity index (χ1n) is 10.3. The van der Waals surface area contributed by atoms with Gasteiger partial charge in [-0.3, -0.25) is 14.6 Å². The molecule has 2 aromatic heterocycles. The van der Waals surface area contributed by atoms with E-state index < -0.39 is 0 Å². The van der Waals surface area contributed by atoms with Gasteiger partial charge in [0.05, 0.1) is 23.4 Å². The standard InChI is InChI=1S/C22H23N5O3/c1-2-27-21(28)16-6-4-3-5-15(16)19(24-27)22(29)26-12-10-25(11-13-26)18-7-9-23-17-8-14-30-20(17)18/h3-7,9H,2,8,10-14H2,1H3. The number of anilines is 1. The van der Waals surface area contributed by atoms with E-state index in [-0.39, 0.29) is 11.5 Å². The van der Waals surface area contributed by atoms with E-state index in [1.807, 2.05) is 36.2 Å². The number of rotatable bonds is 3. The van der Waals surface area contributed by atoms with Crippen LogP contribution in [0, 0.1) is 0 Å². The average Bonchev–Trinajstić information content (AvgIpc) is 3.28. The smallest absolute Gasteiger partial charge is 0.275 e. The molecule has 3 aromatic rings. The lowest BCUT2D eigenvalue weighted by Gasteiger charge is -2.36. The number of piperazine rings is 1. The molecule has 2 aliphatic heterocycles. The molecule has 0 atom stereocenters. The van der Waals surface area contributed by atoms with Gasteiger partial charge in [-0.15, -0.1) is 0 Å². The molecule has 4 heterocycles. The van der Waals surface area contributed by atoms with Gasteiger partial charge in [0.1, 0.15) is 0 Å². The third-order valence-electron chi connectivity index (χ3n) is 5.82. The van der Waals surface area contributed by atoms with Crippen LogP contribution in [0.2, 0.25) is 0 Å². The quantitative estimate of drug-likeness (QED) is 0.660. The lowest BCUT2D eigenvalue weighted by Crippen LogP contribution is -2.49. The van der Waals surface area contributed by atoms with Gasteiger partial charge in [0.25, 0.3) is 11.5 Å². The van der Waals surface area contributed by atoms with Crippen molar-refractivity contribution in [2.75, 3.05) is 37.7 Å². The van der Waals surface area contributed by atoms with Crippen LogP contribution in [0.4, 0.5) is 5.69 Å². The predicted molar refractivity (Wildman–Crippen MR) is 113 cm³/mol. The van der Waals surface area contributed by atoms with E-state index in [1.165, 1.54) is 4.68 Å². The Morgan fingerprint density at radius 2 is 1.87 bits per heavy atom. The van der Waals surface area contributed by atoms with Crippen molar-refractivity contribution in [1.29, 1.82) is 0 Å². The van der Waals surface area contributed by atoms with Gasteiger partial charge in [-0.2, -0.15) is 5.10 Å². The average molecular weight is 405 g/mol. The van der Waals surface area contributed by atoms with Gasteiger partial charge in [0, 0.05) is 50.7 Å². The SMILES string of the molecule is CCn1nc(C(=O)N2CCN(c3ccnc4c3OCC4)CC2)c2ccccc2c1=O. The maximum Gasteiger partial charge on any atom is 0.275 e. The van der Waals surface area contributed by atoms with Crippen LogP contribution in [-0.2, 0) is 13.0 Å². The number of hydrogen-bond donors (Lipinski definition) is 0. The second-order valence-corrected chi connectivity index (χ2v) is 7.50. The number of amides is 1. The second kappa shape index (κ2) is 7.44. The van der Waals surface area contributed by atoms with Crippen molar-refractivity contribution in [3.05, 3.63) is 58.3 Å². The van der Waals surface area contributed by atoms with Crippen molar-refractivity contribution < 1.29 is 9.53 Å². The highest BCUT2D eigenvalue weighted by atomic mass is 16.5. The van der Waals surface area contributed by atoms with Gasteiger partial charge in [-0.1, -0.05) is 18.2 Å². The minimum atomic E-state index is -0.166. The first-order chi connectivity index (χ1) is 14.7. The Kier molecular flexibility index (Phi) is 4.61. The van der Waals surface area contributed by atoms with Crippen LogP contribution in [0.15, 0.2) is 41.3 Å². The molecule has 0 saturated carbocycles. The molecule has 1 amide bonds. The molecule has 0 aliphatic carbocycles. The predicted octanol–water partition coefficient (Wildman–Crippen LogP) is 1.71. The van der Waals surface area contributed by atoms with Crippen LogP contribution < -0.4 is 15.2 Å². The van der Waals surface area contributed by atoms with Crippen LogP contribution in [-0.4, -0.2) is 58.4 Å². The monoisotopic (exact) mass is 405 g/mol. The molecule has 8 nitrogen and oxygen atoms in total. The third kappa shape index (κ3) is 2.99. The molecule has 2 aliphatic rings. The van der Waals surface area contributed by atoms with Gasteiger partial charge < -0.3 is 14.5 Å². The highest BCUT2D eigenvalue weighted by molar-refractivity contribution is 6.04. The second-order valence-electron chi connectivity index (χ2n) is 7.50. The van der Waals surface area contributed by atoms with Crippen molar-refractivity contribution in [2.24, 2.45) is 0 Å². The van der Waals surface area contributed by atoms with Crippen molar-refractivity contribution in [3.8, 4) is 5.75 Å². The summed E-state index contributed by atoms with van der Waals surface area (Å²) in [6.07, 6.45) is 2.66. The number of pyridine rings is 1. The third-order valence-corrected chi connectivity index (χ3v) is 5.82. The fourth-order valence-corrected chi connectivity index (χ4v) is 4.22. The summed E-state index contributed by atoms with van der Waals surface area (Å²) in [6, 6.07) is 9.17. The van der Waals surface area contributed by atoms with Gasteiger partial charge in [-0.25, -0.2) is 4.68 Å². The lowest BCUT2D eigenvalue weighted by molar-refractivity contribution is 0.0740. The van der Waals surface area contributed by atoms with Gasteiger partial charge in [0.2, 0.25) is 0 Å². The van der Waals surface area contributed by atoms with Crippen LogP contribution in [0.5, 0.6) is 5.75 Å². The Morgan fingerprint density at radius 3 is 2.63 bits per heavy atom. The molecule has 1 fully saturated rings. The number of fused-ring (bicyclic) bond motifs is 2. The normalized spacial score (nSPS) is 15.9. The maximum atomic E-state index is 13.3. The number of aryl methyl sites for hydroxylation is 1. The maximum absolute atomic E-state index is 13.3. The summed E-state index contributed by atoms with van der Waals surface area (Å²) < 4.78 is 7.15. The van der Waals surface area contributed by atoms with Crippen molar-refractivity contribution in [1.82, 2.24) is 19.7 Å². The Balaban J connectivity index is 1.40. The number of benzene rings is 1. The lowest BCUT2D eigenvalue weighted by atomic mass is 10.1. The molecule has 0 radical (unpaired) electrons. The number of aromatic nitrogens is 3. The van der Waals surface area contributed by atoms with Crippen LogP contribution in [0.1, 0.15) is 23.1 Å². The van der Waals surface area contributed by atoms with Crippen LogP contribution in [0.25, 0.3) is 10.8 Å². The van der Waals surface area contributed by atoms with Gasteiger partial charge in [0.15, 0.2) is 11.4 Å². The van der Waals surface area contributed by atoms with Crippen LogP contribution in [0.3, 0.4) is 0 Å². The number of carbonyl (C=O) groups is 1. The molecule has 0 unspecified atom stereocenters. The van der Waals surface area contributed by atoms with Crippen molar-refractivity contribution >= 4 is 22.4 Å². The zero-order chi connectivity index (χ0) is 20.7. The zero-order valence-corrected chi connectivity index (χ0v) is 16.9. The summed E-state index contributed by atoms with van der Waals surface area (Å²) in [5.74, 6) is 0.740. The Labute approximate surface area is 173 Å². The topological polar surface area (TPSA) is 80.6 Å². The van der Waals surface area contributed by atoms with E-state index in [0.717, 1.165) is 23.6 Å². The van der Waals surface area contributed by atoms with E-state index in [1.54, 1.807) is 12.1 Å². The Hall–Kier alpha value is -3.42. The Bertz CT molecular complexity index is 1180. The largest absolute Gasteiger partial charge is 0.489 e.